The van der Waals surface area contributed by atoms with E-state index in [2.05, 4.69) is 25.6 Å². The van der Waals surface area contributed by atoms with E-state index in [0.717, 1.165) is 38.5 Å². The van der Waals surface area contributed by atoms with Crippen molar-refractivity contribution in [2.75, 3.05) is 77.3 Å². The summed E-state index contributed by atoms with van der Waals surface area (Å²) in [5, 5.41) is 79.6. The predicted octanol–water partition coefficient (Wildman–Crippen LogP) is 6.00. The largest absolute Gasteiger partial charge is 0.507 e. The minimum Gasteiger partial charge on any atom is -0.507 e. The third-order valence-corrected chi connectivity index (χ3v) is 18.2. The van der Waals surface area contributed by atoms with E-state index in [1.54, 1.807) is 61.6 Å². The number of ketones is 1. The number of fused-ring (bicyclic) bond motifs is 15. The number of Topliss-reactive ketones (excluding diaryl/α,β-unsaturated/α-hetero) is 1. The summed E-state index contributed by atoms with van der Waals surface area (Å²) in [4.78, 5) is 83.2. The molecule has 28 heteroatoms. The summed E-state index contributed by atoms with van der Waals surface area (Å²) < 4.78 is 46.1. The lowest BCUT2D eigenvalue weighted by Crippen LogP contribution is -2.49. The van der Waals surface area contributed by atoms with Crippen LogP contribution in [0.3, 0.4) is 0 Å². The second kappa shape index (κ2) is 30.7. The summed E-state index contributed by atoms with van der Waals surface area (Å²) >= 11 is 0. The van der Waals surface area contributed by atoms with Crippen molar-refractivity contribution in [3.63, 3.8) is 0 Å². The van der Waals surface area contributed by atoms with Crippen molar-refractivity contribution in [2.24, 2.45) is 34.6 Å². The number of methoxy groups -OCH3 is 2. The fraction of sp³-hybridized carbons (Fsp3) is 0.471. The number of hydrazine groups is 1. The molecule has 7 heterocycles. The number of rotatable bonds is 9. The van der Waals surface area contributed by atoms with Gasteiger partial charge in [0.1, 0.15) is 34.6 Å². The normalized spacial score (nSPS) is 26.3. The third-order valence-electron chi connectivity index (χ3n) is 18.2. The van der Waals surface area contributed by atoms with Crippen LogP contribution in [0.15, 0.2) is 82.8 Å². The third kappa shape index (κ3) is 15.4. The Labute approximate surface area is 554 Å². The summed E-state index contributed by atoms with van der Waals surface area (Å²) in [6.45, 7) is 19.1. The number of phenolic OH excluding ortho intramolecular Hbond substituents is 3. The zero-order valence-corrected chi connectivity index (χ0v) is 55.9. The number of hydrogen-bond acceptors (Lipinski definition) is 23. The molecule has 5 aromatic rings. The van der Waals surface area contributed by atoms with Crippen LogP contribution in [0.2, 0.25) is 0 Å². The molecule has 27 nitrogen and oxygen atoms in total. The maximum atomic E-state index is 15.1. The zero-order chi connectivity index (χ0) is 70.4. The van der Waals surface area contributed by atoms with Gasteiger partial charge in [0.2, 0.25) is 5.43 Å². The number of aliphatic hydroxyl groups is 2. The molecule has 6 aliphatic rings. The summed E-state index contributed by atoms with van der Waals surface area (Å²) in [7, 11) is 4.88. The highest BCUT2D eigenvalue weighted by Crippen LogP contribution is 2.55. The molecule has 1 aliphatic carbocycles. The predicted molar refractivity (Wildman–Crippen MR) is 356 cm³/mol. The number of piperazine rings is 2. The van der Waals surface area contributed by atoms with Crippen molar-refractivity contribution in [3.8, 4) is 28.7 Å². The molecule has 2 saturated heterocycles. The number of nitrogens with one attached hydrogen (secondary N) is 3. The van der Waals surface area contributed by atoms with Gasteiger partial charge in [0.25, 0.3) is 17.6 Å². The number of benzene rings is 3. The standard InChI is InChI=1S/C43H58N4O12.C19H22FN3O4.C6H7N3O/c1-21-12-11-13-22(2)42(55)45-33-28(20-44-47-17-15-46(9)16-18-47)37(52)30-31(38(33)53)36(51)26(6)40-32(30)41(54)43(8,59-40)57-19-14-29(56-10)23(3)39(58-27(7)48)25(5)35(50)24(4)34(21)49;1-10-8-22(6-5-21-10)16-14(20)7-12-15(18(16)27-2)23(11-3-4-11)9-13(17(12)24)19(25)26;7-9-6(10)5-1-3-8-4-2-5/h11-14,19-21,23-25,29,34-35,39,49-53H,15-18H2,1-10H3,(H,45,55);7,9-11,21H,3-6,8H2,1-2H3,(H,25,26);1-4H,7H2,(H,9,10)/b12-11+,19-14+,22-13-,44-20+;;/t21-,23+,24+,25+,29-,34-,35+,39+,43-;;/m0../s1. The first-order chi connectivity index (χ1) is 45.5. The Bertz CT molecular complexity index is 3940. The van der Waals surface area contributed by atoms with Gasteiger partial charge in [-0.1, -0.05) is 45.9 Å². The number of carbonyl (C=O) groups is 5. The van der Waals surface area contributed by atoms with Crippen molar-refractivity contribution in [2.45, 2.75) is 117 Å². The highest BCUT2D eigenvalue weighted by atomic mass is 19.1. The van der Waals surface area contributed by atoms with Crippen LogP contribution in [0.5, 0.6) is 28.7 Å². The number of pyridine rings is 2. The topological polar surface area (TPSA) is 372 Å². The molecule has 3 aromatic carbocycles. The van der Waals surface area contributed by atoms with Gasteiger partial charge in [0.05, 0.1) is 71.0 Å². The summed E-state index contributed by atoms with van der Waals surface area (Å²) in [6.07, 6.45) is 11.1. The fourth-order valence-electron chi connectivity index (χ4n) is 12.4. The zero-order valence-electron chi connectivity index (χ0n) is 55.9. The Balaban J connectivity index is 0.000000258. The number of aromatic nitrogens is 2. The van der Waals surface area contributed by atoms with Crippen molar-refractivity contribution in [1.29, 1.82) is 0 Å². The minimum absolute atomic E-state index is 0.0445. The van der Waals surface area contributed by atoms with Gasteiger partial charge < -0.3 is 79.3 Å². The highest BCUT2D eigenvalue weighted by Gasteiger charge is 2.50. The van der Waals surface area contributed by atoms with Gasteiger partial charge in [-0.2, -0.15) is 5.10 Å². The number of aliphatic hydroxyl groups excluding tert-OH is 2. The van der Waals surface area contributed by atoms with E-state index >= 15 is 4.39 Å². The van der Waals surface area contributed by atoms with Gasteiger partial charge >= 0.3 is 17.7 Å². The number of ether oxygens (including phenoxy) is 5. The first-order valence-electron chi connectivity index (χ1n) is 31.6. The van der Waals surface area contributed by atoms with E-state index in [4.69, 9.17) is 29.5 Å². The van der Waals surface area contributed by atoms with Gasteiger partial charge in [-0.05, 0) is 64.9 Å². The number of likely N-dealkylation sites (N-methyl/N-ethyl adjacent to an activating group) is 1. The number of amides is 2. The van der Waals surface area contributed by atoms with Crippen molar-refractivity contribution < 1.29 is 82.7 Å². The first-order valence-corrected chi connectivity index (χ1v) is 31.6. The Morgan fingerprint density at radius 2 is 1.59 bits per heavy atom. The first kappa shape index (κ1) is 72.6. The fourth-order valence-corrected chi connectivity index (χ4v) is 12.4. The van der Waals surface area contributed by atoms with Crippen molar-refractivity contribution in [3.05, 3.63) is 117 Å². The summed E-state index contributed by atoms with van der Waals surface area (Å²) in [6, 6.07) is 4.62. The molecule has 1 saturated carbocycles. The number of nitrogens with two attached hydrogens (primary N) is 1. The van der Waals surface area contributed by atoms with Crippen LogP contribution in [0.25, 0.3) is 21.7 Å². The van der Waals surface area contributed by atoms with Crippen LogP contribution in [-0.2, 0) is 23.8 Å². The number of allylic oxidation sites excluding steroid dienone is 2. The highest BCUT2D eigenvalue weighted by molar-refractivity contribution is 6.24. The minimum atomic E-state index is -2.04. The molecule has 2 aromatic heterocycles. The number of anilines is 2. The van der Waals surface area contributed by atoms with E-state index in [-0.39, 0.29) is 73.4 Å². The van der Waals surface area contributed by atoms with Gasteiger partial charge in [-0.3, -0.25) is 39.4 Å². The smallest absolute Gasteiger partial charge is 0.341 e. The Morgan fingerprint density at radius 3 is 2.20 bits per heavy atom. The number of carboxylic acids is 1. The second-order valence-electron chi connectivity index (χ2n) is 25.1. The summed E-state index contributed by atoms with van der Waals surface area (Å²) in [5.74, 6) is -5.35. The Morgan fingerprint density at radius 1 is 0.917 bits per heavy atom. The molecule has 11 rings (SSSR count). The van der Waals surface area contributed by atoms with Gasteiger partial charge in [0.15, 0.2) is 17.3 Å². The lowest BCUT2D eigenvalue weighted by molar-refractivity contribution is -0.160. The molecule has 2 amide bonds. The van der Waals surface area contributed by atoms with E-state index in [1.807, 2.05) is 24.3 Å². The molecular weight excluding hydrogens is 1250 g/mol. The monoisotopic (exact) mass is 1330 g/mol. The average Bonchev–Trinajstić information content (AvgIpc) is 1.44. The number of nitrogen functional groups attached to an aromatic ring is 1. The summed E-state index contributed by atoms with van der Waals surface area (Å²) in [5.41, 5.74) is 1.94. The molecule has 518 valence electrons. The van der Waals surface area contributed by atoms with Crippen LogP contribution < -0.4 is 41.7 Å². The second-order valence-corrected chi connectivity index (χ2v) is 25.1. The molecule has 10 atom stereocenters. The van der Waals surface area contributed by atoms with Crippen LogP contribution in [0.4, 0.5) is 15.8 Å². The quantitative estimate of drug-likeness (QED) is 0.0154. The lowest BCUT2D eigenvalue weighted by Gasteiger charge is -2.38. The lowest BCUT2D eigenvalue weighted by atomic mass is 9.78. The van der Waals surface area contributed by atoms with Crippen LogP contribution in [0.1, 0.15) is 116 Å². The SMILES string of the molecule is CO[C@H]1/C=C/O[C@@]2(C)Oc3c(C)c(O)c4c(O)c(c(/C=N/N5CCN(C)CC5)c(O)c4c3C2=O)NC(=O)/C(C)=C\C=C\[C@H](C)[C@H](O)[C@@H](C)[C@@H](O)[C@@H](C)[C@H](OC(C)=O)[C@@H]1C.COc1c(N2CCNC(C)C2)c(F)cc2c(=O)c(C(=O)O)cn(C3CC3)c12.NNC(=O)c1ccncc1. The average molecular weight is 1340 g/mol. The number of carbonyl (C=O) groups excluding carboxylic acids is 4. The maximum absolute atomic E-state index is 15.1. The van der Waals surface area contributed by atoms with Gasteiger partial charge in [-0.25, -0.2) is 15.0 Å². The molecule has 96 heavy (non-hydrogen) atoms. The molecule has 0 spiro atoms. The molecule has 1 unspecified atom stereocenters. The number of hydrogen-bond donors (Lipinski definition) is 10. The number of halogens is 1. The molecule has 5 aliphatic heterocycles. The Kier molecular flexibility index (Phi) is 23.2. The van der Waals surface area contributed by atoms with Crippen molar-refractivity contribution >= 4 is 68.8 Å². The van der Waals surface area contributed by atoms with Crippen LogP contribution in [-0.4, -0.2) is 189 Å². The van der Waals surface area contributed by atoms with E-state index in [9.17, 15) is 59.4 Å². The molecule has 3 fully saturated rings. The van der Waals surface area contributed by atoms with Gasteiger partial charge in [-0.15, -0.1) is 0 Å². The van der Waals surface area contributed by atoms with Gasteiger partial charge in [0, 0.05) is 143 Å². The molecule has 11 N–H and O–H groups in total. The van der Waals surface area contributed by atoms with Crippen LogP contribution >= 0.6 is 0 Å². The molecule has 0 radical (unpaired) electrons. The number of phenols is 3. The van der Waals surface area contributed by atoms with E-state index in [0.29, 0.717) is 48.7 Å². The number of esters is 1. The number of nitrogens with zero attached hydrogens (tertiary/aromatic N) is 6. The van der Waals surface area contributed by atoms with Crippen LogP contribution in [0, 0.1) is 36.4 Å². The number of aromatic carboxylic acids is 1. The van der Waals surface area contributed by atoms with Crippen molar-refractivity contribution in [1.82, 2.24) is 30.2 Å². The van der Waals surface area contributed by atoms with E-state index in [1.165, 1.54) is 85.1 Å². The number of hydrazone groups is 1. The Hall–Kier alpha value is -9.19. The molecule has 5 bridgehead atoms. The molecular formula is C68H87FN10O17. The maximum Gasteiger partial charge on any atom is 0.341 e. The number of carboxylic acid groups (broad SMARTS) is 1. The van der Waals surface area contributed by atoms with E-state index < -0.39 is 106 Å². The number of aromatic hydroxyl groups is 3.